The van der Waals surface area contributed by atoms with Crippen LogP contribution in [-0.2, 0) is 15.0 Å². The minimum atomic E-state index is -0.380. The fraction of sp³-hybridized carbons (Fsp3) is 0.300. The van der Waals surface area contributed by atoms with Crippen molar-refractivity contribution in [2.75, 3.05) is 16.8 Å². The molecular weight excluding hydrogens is 371 g/mol. The third-order valence-electron chi connectivity index (χ3n) is 3.95. The highest BCUT2D eigenvalue weighted by Gasteiger charge is 2.19. The van der Waals surface area contributed by atoms with E-state index in [2.05, 4.69) is 26.1 Å². The van der Waals surface area contributed by atoms with E-state index < -0.39 is 0 Å². The number of carbonyl (C=O) groups is 2. The molecule has 0 saturated heterocycles. The first kappa shape index (κ1) is 20.3. The van der Waals surface area contributed by atoms with Crippen LogP contribution in [-0.4, -0.2) is 18.4 Å². The van der Waals surface area contributed by atoms with E-state index in [0.29, 0.717) is 21.4 Å². The summed E-state index contributed by atoms with van der Waals surface area (Å²) in [5.41, 5.74) is 2.16. The molecule has 0 unspecified atom stereocenters. The van der Waals surface area contributed by atoms with Crippen LogP contribution in [0.2, 0.25) is 10.0 Å². The molecule has 2 aromatic carbocycles. The number of benzene rings is 2. The van der Waals surface area contributed by atoms with E-state index >= 15 is 0 Å². The molecule has 0 bridgehead atoms. The molecule has 0 radical (unpaired) electrons. The van der Waals surface area contributed by atoms with E-state index in [1.807, 2.05) is 24.3 Å². The molecule has 0 aromatic heterocycles. The van der Waals surface area contributed by atoms with E-state index in [-0.39, 0.29) is 23.8 Å². The number of halogens is 2. The second-order valence-electron chi connectivity index (χ2n) is 7.05. The SMILES string of the molecule is CC(=O)N(CC(=O)Nc1c(Cl)cccc1Cl)c1ccc(C(C)(C)C)cc1. The lowest BCUT2D eigenvalue weighted by Crippen LogP contribution is -2.36. The van der Waals surface area contributed by atoms with Crippen molar-refractivity contribution in [3.63, 3.8) is 0 Å². The van der Waals surface area contributed by atoms with Gasteiger partial charge >= 0.3 is 0 Å². The molecule has 0 aliphatic heterocycles. The van der Waals surface area contributed by atoms with Gasteiger partial charge in [-0.15, -0.1) is 0 Å². The third kappa shape index (κ3) is 4.99. The zero-order valence-electron chi connectivity index (χ0n) is 15.3. The van der Waals surface area contributed by atoms with E-state index in [1.165, 1.54) is 11.8 Å². The summed E-state index contributed by atoms with van der Waals surface area (Å²) in [6.45, 7) is 7.64. The molecule has 0 aliphatic rings. The Morgan fingerprint density at radius 3 is 2.00 bits per heavy atom. The predicted octanol–water partition coefficient (Wildman–Crippen LogP) is 5.28. The Bertz CT molecular complexity index is 791. The Kier molecular flexibility index (Phi) is 6.32. The Balaban J connectivity index is 2.18. The lowest BCUT2D eigenvalue weighted by molar-refractivity contribution is -0.120. The first-order chi connectivity index (χ1) is 12.1. The van der Waals surface area contributed by atoms with E-state index in [9.17, 15) is 9.59 Å². The first-order valence-corrected chi connectivity index (χ1v) is 8.97. The highest BCUT2D eigenvalue weighted by Crippen LogP contribution is 2.30. The molecule has 2 aromatic rings. The van der Waals surface area contributed by atoms with Crippen molar-refractivity contribution < 1.29 is 9.59 Å². The van der Waals surface area contributed by atoms with Gasteiger partial charge in [0.1, 0.15) is 6.54 Å². The van der Waals surface area contributed by atoms with Gasteiger partial charge in [-0.25, -0.2) is 0 Å². The Hall–Kier alpha value is -2.04. The van der Waals surface area contributed by atoms with Crippen molar-refractivity contribution in [3.05, 3.63) is 58.1 Å². The molecule has 4 nitrogen and oxygen atoms in total. The maximum absolute atomic E-state index is 12.4. The molecule has 0 spiro atoms. The number of anilines is 2. The number of para-hydroxylation sites is 1. The van der Waals surface area contributed by atoms with Gasteiger partial charge in [-0.2, -0.15) is 0 Å². The Morgan fingerprint density at radius 1 is 1.00 bits per heavy atom. The fourth-order valence-corrected chi connectivity index (χ4v) is 2.96. The monoisotopic (exact) mass is 392 g/mol. The molecule has 0 atom stereocenters. The van der Waals surface area contributed by atoms with Crippen LogP contribution in [0.5, 0.6) is 0 Å². The third-order valence-corrected chi connectivity index (χ3v) is 4.58. The summed E-state index contributed by atoms with van der Waals surface area (Å²) < 4.78 is 0. The second-order valence-corrected chi connectivity index (χ2v) is 7.86. The standard InChI is InChI=1S/C20H22Cl2N2O2/c1-13(25)24(15-10-8-14(9-11-15)20(2,3)4)12-18(26)23-19-16(21)6-5-7-17(19)22/h5-11H,12H2,1-4H3,(H,23,26). The number of rotatable bonds is 4. The number of nitrogens with one attached hydrogen (secondary N) is 1. The van der Waals surface area contributed by atoms with Crippen molar-refractivity contribution in [1.29, 1.82) is 0 Å². The molecule has 0 aliphatic carbocycles. The van der Waals surface area contributed by atoms with Crippen LogP contribution in [0.15, 0.2) is 42.5 Å². The Morgan fingerprint density at radius 2 is 1.54 bits per heavy atom. The predicted molar refractivity (Wildman–Crippen MR) is 108 cm³/mol. The quantitative estimate of drug-likeness (QED) is 0.768. The summed E-state index contributed by atoms with van der Waals surface area (Å²) >= 11 is 12.1. The lowest BCUT2D eigenvalue weighted by Gasteiger charge is -2.23. The molecule has 0 fully saturated rings. The summed E-state index contributed by atoms with van der Waals surface area (Å²) in [5.74, 6) is -0.607. The molecule has 2 amide bonds. The van der Waals surface area contributed by atoms with E-state index in [1.54, 1.807) is 18.2 Å². The van der Waals surface area contributed by atoms with Crippen LogP contribution in [0.25, 0.3) is 0 Å². The highest BCUT2D eigenvalue weighted by molar-refractivity contribution is 6.39. The minimum Gasteiger partial charge on any atom is -0.322 e. The molecular formula is C20H22Cl2N2O2. The van der Waals surface area contributed by atoms with Gasteiger partial charge in [-0.05, 0) is 35.2 Å². The van der Waals surface area contributed by atoms with Crippen LogP contribution in [0.3, 0.4) is 0 Å². The first-order valence-electron chi connectivity index (χ1n) is 8.22. The van der Waals surface area contributed by atoms with Crippen molar-refractivity contribution in [1.82, 2.24) is 0 Å². The molecule has 138 valence electrons. The van der Waals surface area contributed by atoms with Crippen LogP contribution in [0.1, 0.15) is 33.3 Å². The summed E-state index contributed by atoms with van der Waals surface area (Å²) in [5, 5.41) is 3.36. The summed E-state index contributed by atoms with van der Waals surface area (Å²) in [4.78, 5) is 25.9. The highest BCUT2D eigenvalue weighted by atomic mass is 35.5. The van der Waals surface area contributed by atoms with Gasteiger partial charge in [0.05, 0.1) is 15.7 Å². The molecule has 0 heterocycles. The molecule has 6 heteroatoms. The zero-order chi connectivity index (χ0) is 19.5. The molecule has 2 rings (SSSR count). The van der Waals surface area contributed by atoms with Crippen molar-refractivity contribution in [2.45, 2.75) is 33.1 Å². The smallest absolute Gasteiger partial charge is 0.244 e. The summed E-state index contributed by atoms with van der Waals surface area (Å²) in [6, 6.07) is 12.6. The van der Waals surface area contributed by atoms with E-state index in [0.717, 1.165) is 5.56 Å². The van der Waals surface area contributed by atoms with Gasteiger partial charge in [0, 0.05) is 12.6 Å². The van der Waals surface area contributed by atoms with Crippen molar-refractivity contribution >= 4 is 46.4 Å². The number of hydrogen-bond acceptors (Lipinski definition) is 2. The topological polar surface area (TPSA) is 49.4 Å². The van der Waals surface area contributed by atoms with Gasteiger partial charge < -0.3 is 10.2 Å². The molecule has 0 saturated carbocycles. The largest absolute Gasteiger partial charge is 0.322 e. The van der Waals surface area contributed by atoms with Crippen LogP contribution in [0.4, 0.5) is 11.4 Å². The van der Waals surface area contributed by atoms with Crippen LogP contribution < -0.4 is 10.2 Å². The zero-order valence-corrected chi connectivity index (χ0v) is 16.8. The number of hydrogen-bond donors (Lipinski definition) is 1. The number of nitrogens with zero attached hydrogens (tertiary/aromatic N) is 1. The minimum absolute atomic E-state index is 0.0117. The normalized spacial score (nSPS) is 11.2. The van der Waals surface area contributed by atoms with Crippen LogP contribution in [0, 0.1) is 0 Å². The maximum Gasteiger partial charge on any atom is 0.244 e. The maximum atomic E-state index is 12.4. The van der Waals surface area contributed by atoms with Crippen molar-refractivity contribution in [3.8, 4) is 0 Å². The number of carbonyl (C=O) groups excluding carboxylic acids is 2. The summed E-state index contributed by atoms with van der Waals surface area (Å²) in [7, 11) is 0. The molecule has 26 heavy (non-hydrogen) atoms. The van der Waals surface area contributed by atoms with Gasteiger partial charge in [-0.1, -0.05) is 62.2 Å². The van der Waals surface area contributed by atoms with E-state index in [4.69, 9.17) is 23.2 Å². The van der Waals surface area contributed by atoms with Crippen molar-refractivity contribution in [2.24, 2.45) is 0 Å². The Labute approximate surface area is 164 Å². The summed E-state index contributed by atoms with van der Waals surface area (Å²) in [6.07, 6.45) is 0. The lowest BCUT2D eigenvalue weighted by atomic mass is 9.87. The van der Waals surface area contributed by atoms with Crippen LogP contribution >= 0.6 is 23.2 Å². The fourth-order valence-electron chi connectivity index (χ4n) is 2.47. The second kappa shape index (κ2) is 8.11. The van der Waals surface area contributed by atoms with Gasteiger partial charge in [0.25, 0.3) is 0 Å². The number of amides is 2. The van der Waals surface area contributed by atoms with Gasteiger partial charge in [-0.3, -0.25) is 9.59 Å². The van der Waals surface area contributed by atoms with Gasteiger partial charge in [0.15, 0.2) is 0 Å². The van der Waals surface area contributed by atoms with Gasteiger partial charge in [0.2, 0.25) is 11.8 Å². The average Bonchev–Trinajstić information content (AvgIpc) is 2.55. The average molecular weight is 393 g/mol. The molecule has 1 N–H and O–H groups in total.